The fraction of sp³-hybridized carbons (Fsp3) is 0.296. The maximum atomic E-state index is 13.2. The molecule has 0 unspecified atom stereocenters. The molecule has 1 fully saturated rings. The van der Waals surface area contributed by atoms with E-state index in [0.29, 0.717) is 11.3 Å². The smallest absolute Gasteiger partial charge is 0.252 e. The summed E-state index contributed by atoms with van der Waals surface area (Å²) < 4.78 is 5.44. The Morgan fingerprint density at radius 1 is 1.10 bits per heavy atom. The minimum Gasteiger partial charge on any atom is -0.465 e. The highest BCUT2D eigenvalue weighted by molar-refractivity contribution is 6.24. The molecule has 1 saturated heterocycles. The molecule has 2 heterocycles. The molecule has 1 aliphatic heterocycles. The van der Waals surface area contributed by atoms with Crippen molar-refractivity contribution in [2.75, 3.05) is 18.0 Å². The summed E-state index contributed by atoms with van der Waals surface area (Å²) in [5.41, 5.74) is 3.79. The molecule has 0 radical (unpaired) electrons. The second-order valence-corrected chi connectivity index (χ2v) is 8.42. The Labute approximate surface area is 184 Å². The summed E-state index contributed by atoms with van der Waals surface area (Å²) in [5, 5.41) is 3.15. The molecule has 0 bridgehead atoms. The van der Waals surface area contributed by atoms with E-state index in [-0.39, 0.29) is 11.9 Å². The van der Waals surface area contributed by atoms with Crippen molar-refractivity contribution in [3.63, 3.8) is 0 Å². The van der Waals surface area contributed by atoms with Gasteiger partial charge in [0.2, 0.25) is 0 Å². The van der Waals surface area contributed by atoms with E-state index in [1.54, 1.807) is 12.3 Å². The van der Waals surface area contributed by atoms with Gasteiger partial charge in [-0.05, 0) is 67.2 Å². The van der Waals surface area contributed by atoms with E-state index in [1.807, 2.05) is 49.4 Å². The molecular weight excluding hydrogens is 384 g/mol. The monoisotopic (exact) mass is 414 g/mol. The quantitative estimate of drug-likeness (QED) is 0.508. The van der Waals surface area contributed by atoms with Gasteiger partial charge >= 0.3 is 0 Å². The summed E-state index contributed by atoms with van der Waals surface area (Å²) in [5.74, 6) is 1.27. The van der Waals surface area contributed by atoms with Crippen LogP contribution in [0.3, 0.4) is 0 Å². The van der Waals surface area contributed by atoms with Crippen LogP contribution in [0.1, 0.15) is 49.6 Å². The number of piperidine rings is 1. The molecule has 0 aliphatic carbocycles. The van der Waals surface area contributed by atoms with Gasteiger partial charge in [0.15, 0.2) is 0 Å². The largest absolute Gasteiger partial charge is 0.465 e. The maximum Gasteiger partial charge on any atom is 0.252 e. The van der Waals surface area contributed by atoms with E-state index in [9.17, 15) is 4.79 Å². The van der Waals surface area contributed by atoms with Crippen LogP contribution in [0.4, 0.5) is 5.69 Å². The number of rotatable bonds is 6. The summed E-state index contributed by atoms with van der Waals surface area (Å²) in [6, 6.07) is 21.8. The molecular formula is C27H30N2O2. The van der Waals surface area contributed by atoms with Crippen LogP contribution >= 0.6 is 0 Å². The van der Waals surface area contributed by atoms with E-state index in [1.165, 1.54) is 18.5 Å². The predicted molar refractivity (Wildman–Crippen MR) is 127 cm³/mol. The Balaban J connectivity index is 1.48. The van der Waals surface area contributed by atoms with Crippen LogP contribution in [0, 0.1) is 5.92 Å². The Hall–Kier alpha value is -3.27. The lowest BCUT2D eigenvalue weighted by Gasteiger charge is -2.33. The van der Waals surface area contributed by atoms with Crippen LogP contribution in [-0.4, -0.2) is 19.0 Å². The molecule has 160 valence electrons. The first-order valence-corrected chi connectivity index (χ1v) is 11.1. The van der Waals surface area contributed by atoms with Crippen LogP contribution in [-0.2, 0) is 4.79 Å². The van der Waals surface area contributed by atoms with Crippen molar-refractivity contribution in [3.05, 3.63) is 89.9 Å². The van der Waals surface area contributed by atoms with Crippen LogP contribution < -0.4 is 10.2 Å². The number of anilines is 1. The Morgan fingerprint density at radius 3 is 2.55 bits per heavy atom. The van der Waals surface area contributed by atoms with Gasteiger partial charge in [-0.1, -0.05) is 49.4 Å². The number of furan rings is 1. The maximum absolute atomic E-state index is 13.2. The predicted octanol–water partition coefficient (Wildman–Crippen LogP) is 5.93. The molecule has 2 aromatic carbocycles. The molecule has 4 rings (SSSR count). The third-order valence-electron chi connectivity index (χ3n) is 5.92. The lowest BCUT2D eigenvalue weighted by Crippen LogP contribution is -2.34. The molecule has 4 heteroatoms. The Kier molecular flexibility index (Phi) is 6.56. The average Bonchev–Trinajstić information content (AvgIpc) is 3.31. The molecule has 31 heavy (non-hydrogen) atoms. The molecule has 0 saturated carbocycles. The molecule has 0 spiro atoms. The van der Waals surface area contributed by atoms with E-state index in [2.05, 4.69) is 41.4 Å². The van der Waals surface area contributed by atoms with Crippen molar-refractivity contribution in [2.45, 2.75) is 32.7 Å². The molecule has 1 aliphatic rings. The summed E-state index contributed by atoms with van der Waals surface area (Å²) in [6.07, 6.45) is 5.96. The first-order chi connectivity index (χ1) is 15.1. The summed E-state index contributed by atoms with van der Waals surface area (Å²) in [6.45, 7) is 6.57. The third kappa shape index (κ3) is 5.26. The lowest BCUT2D eigenvalue weighted by atomic mass is 9.99. The van der Waals surface area contributed by atoms with Gasteiger partial charge in [0.05, 0.1) is 17.9 Å². The van der Waals surface area contributed by atoms with Gasteiger partial charge in [0.1, 0.15) is 5.76 Å². The number of carbonyl (C=O) groups is 1. The van der Waals surface area contributed by atoms with Crippen LogP contribution in [0.25, 0.3) is 11.6 Å². The second-order valence-electron chi connectivity index (χ2n) is 8.42. The zero-order valence-electron chi connectivity index (χ0n) is 18.3. The van der Waals surface area contributed by atoms with E-state index < -0.39 is 0 Å². The zero-order valence-corrected chi connectivity index (χ0v) is 18.3. The first kappa shape index (κ1) is 21.0. The first-order valence-electron chi connectivity index (χ1n) is 11.1. The van der Waals surface area contributed by atoms with Gasteiger partial charge in [-0.25, -0.2) is 0 Å². The minimum atomic E-state index is -0.121. The number of amides is 1. The normalized spacial score (nSPS) is 17.9. The highest BCUT2D eigenvalue weighted by atomic mass is 16.3. The molecule has 1 N–H and O–H groups in total. The third-order valence-corrected chi connectivity index (χ3v) is 5.92. The Bertz CT molecular complexity index is 1010. The number of carbonyl (C=O) groups excluding carboxylic acids is 1. The van der Waals surface area contributed by atoms with E-state index in [4.69, 9.17) is 4.42 Å². The molecule has 1 aromatic heterocycles. The van der Waals surface area contributed by atoms with Gasteiger partial charge in [-0.3, -0.25) is 4.79 Å². The highest BCUT2D eigenvalue weighted by Crippen LogP contribution is 2.25. The summed E-state index contributed by atoms with van der Waals surface area (Å²) in [4.78, 5) is 15.6. The van der Waals surface area contributed by atoms with Crippen molar-refractivity contribution >= 4 is 23.2 Å². The van der Waals surface area contributed by atoms with Crippen LogP contribution in [0.2, 0.25) is 0 Å². The fourth-order valence-corrected chi connectivity index (χ4v) is 4.17. The number of nitrogens with zero attached hydrogens (tertiary/aromatic N) is 1. The van der Waals surface area contributed by atoms with Crippen molar-refractivity contribution in [1.29, 1.82) is 0 Å². The van der Waals surface area contributed by atoms with Crippen molar-refractivity contribution < 1.29 is 9.21 Å². The van der Waals surface area contributed by atoms with Crippen LogP contribution in [0.5, 0.6) is 0 Å². The summed E-state index contributed by atoms with van der Waals surface area (Å²) in [7, 11) is 0. The van der Waals surface area contributed by atoms with Crippen molar-refractivity contribution in [1.82, 2.24) is 5.32 Å². The second kappa shape index (κ2) is 9.69. The topological polar surface area (TPSA) is 45.5 Å². The highest BCUT2D eigenvalue weighted by Gasteiger charge is 2.18. The van der Waals surface area contributed by atoms with Gasteiger partial charge in [0, 0.05) is 18.8 Å². The van der Waals surface area contributed by atoms with Crippen molar-refractivity contribution in [2.24, 2.45) is 5.92 Å². The standard InChI is InChI=1S/C27H30N2O2/c1-20-8-6-16-29(19-20)24-14-12-22(13-15-24)21(2)28-27(30)26(18-25-11-7-17-31-25)23-9-4-3-5-10-23/h3-5,7,9-15,17-18,20-21H,6,8,16,19H2,1-2H3,(H,28,30)/b26-18+/t20-,21-/m1/s1. The molecule has 4 nitrogen and oxygen atoms in total. The number of hydrogen-bond acceptors (Lipinski definition) is 3. The zero-order chi connectivity index (χ0) is 21.6. The average molecular weight is 415 g/mol. The minimum absolute atomic E-state index is 0.106. The number of hydrogen-bond donors (Lipinski definition) is 1. The van der Waals surface area contributed by atoms with Crippen molar-refractivity contribution in [3.8, 4) is 0 Å². The molecule has 2 atom stereocenters. The van der Waals surface area contributed by atoms with Gasteiger partial charge < -0.3 is 14.6 Å². The fourth-order valence-electron chi connectivity index (χ4n) is 4.17. The molecule has 1 amide bonds. The summed E-state index contributed by atoms with van der Waals surface area (Å²) >= 11 is 0. The number of nitrogens with one attached hydrogen (secondary N) is 1. The van der Waals surface area contributed by atoms with Gasteiger partial charge in [0.25, 0.3) is 5.91 Å². The lowest BCUT2D eigenvalue weighted by molar-refractivity contribution is -0.116. The Morgan fingerprint density at radius 2 is 1.87 bits per heavy atom. The van der Waals surface area contributed by atoms with E-state index >= 15 is 0 Å². The van der Waals surface area contributed by atoms with Gasteiger partial charge in [-0.15, -0.1) is 0 Å². The van der Waals surface area contributed by atoms with Crippen LogP contribution in [0.15, 0.2) is 77.4 Å². The van der Waals surface area contributed by atoms with Gasteiger partial charge in [-0.2, -0.15) is 0 Å². The number of benzene rings is 2. The SMILES string of the molecule is C[C@@H]1CCCN(c2ccc([C@@H](C)NC(=O)/C(=C/c3ccco3)c3ccccc3)cc2)C1. The van der Waals surface area contributed by atoms with E-state index in [0.717, 1.165) is 30.1 Å². The molecule has 3 aromatic rings.